The van der Waals surface area contributed by atoms with Crippen molar-refractivity contribution in [1.29, 1.82) is 0 Å². The van der Waals surface area contributed by atoms with Crippen LogP contribution in [0.3, 0.4) is 0 Å². The van der Waals surface area contributed by atoms with Crippen molar-refractivity contribution in [2.24, 2.45) is 5.73 Å². The van der Waals surface area contributed by atoms with Crippen molar-refractivity contribution in [2.75, 3.05) is 7.11 Å². The lowest BCUT2D eigenvalue weighted by Crippen LogP contribution is -2.14. The summed E-state index contributed by atoms with van der Waals surface area (Å²) in [4.78, 5) is 11.0. The molecule has 4 heteroatoms. The lowest BCUT2D eigenvalue weighted by atomic mass is 10.1. The van der Waals surface area contributed by atoms with E-state index in [1.807, 2.05) is 0 Å². The van der Waals surface area contributed by atoms with Gasteiger partial charge in [0.2, 0.25) is 0 Å². The van der Waals surface area contributed by atoms with Gasteiger partial charge in [-0.15, -0.1) is 0 Å². The highest BCUT2D eigenvalue weighted by Crippen LogP contribution is 2.27. The first-order valence-corrected chi connectivity index (χ1v) is 4.08. The summed E-state index contributed by atoms with van der Waals surface area (Å²) in [6, 6.07) is 3.29. The van der Waals surface area contributed by atoms with E-state index in [2.05, 4.69) is 0 Å². The summed E-state index contributed by atoms with van der Waals surface area (Å²) in [6.45, 7) is 1.73. The van der Waals surface area contributed by atoms with Gasteiger partial charge in [0.1, 0.15) is 5.75 Å². The summed E-state index contributed by atoms with van der Waals surface area (Å²) in [5, 5.41) is 0.509. The van der Waals surface area contributed by atoms with Crippen LogP contribution in [0.25, 0.3) is 0 Å². The molecular formula is C9H10ClNO2. The summed E-state index contributed by atoms with van der Waals surface area (Å²) >= 11 is 5.82. The summed E-state index contributed by atoms with van der Waals surface area (Å²) < 4.78 is 4.98. The van der Waals surface area contributed by atoms with Crippen molar-refractivity contribution >= 4 is 17.5 Å². The molecule has 2 N–H and O–H groups in total. The average Bonchev–Trinajstić information content (AvgIpc) is 2.08. The molecule has 13 heavy (non-hydrogen) atoms. The smallest absolute Gasteiger partial charge is 0.252 e. The molecule has 0 aromatic heterocycles. The Balaban J connectivity index is 3.41. The van der Waals surface area contributed by atoms with Crippen LogP contribution in [0, 0.1) is 6.92 Å². The largest absolute Gasteiger partial charge is 0.496 e. The zero-order chi connectivity index (χ0) is 10.0. The number of hydrogen-bond donors (Lipinski definition) is 1. The molecule has 0 aliphatic heterocycles. The van der Waals surface area contributed by atoms with Crippen LogP contribution in [0.1, 0.15) is 15.9 Å². The Morgan fingerprint density at radius 1 is 1.54 bits per heavy atom. The zero-order valence-electron chi connectivity index (χ0n) is 7.43. The second kappa shape index (κ2) is 3.66. The molecule has 0 fully saturated rings. The lowest BCUT2D eigenvalue weighted by Gasteiger charge is -2.09. The van der Waals surface area contributed by atoms with Crippen molar-refractivity contribution in [3.8, 4) is 5.75 Å². The number of carbonyl (C=O) groups excluding carboxylic acids is 1. The van der Waals surface area contributed by atoms with Gasteiger partial charge in [0.25, 0.3) is 5.91 Å². The first kappa shape index (κ1) is 9.86. The number of ether oxygens (including phenoxy) is 1. The van der Waals surface area contributed by atoms with Crippen molar-refractivity contribution in [3.63, 3.8) is 0 Å². The van der Waals surface area contributed by atoms with E-state index in [9.17, 15) is 4.79 Å². The van der Waals surface area contributed by atoms with Crippen LogP contribution in [0.2, 0.25) is 5.02 Å². The van der Waals surface area contributed by atoms with E-state index in [1.54, 1.807) is 19.1 Å². The number of hydrogen-bond acceptors (Lipinski definition) is 2. The third-order valence-corrected chi connectivity index (χ3v) is 2.24. The minimum atomic E-state index is -0.531. The third-order valence-electron chi connectivity index (χ3n) is 1.83. The molecule has 0 aliphatic rings. The quantitative estimate of drug-likeness (QED) is 0.789. The fourth-order valence-electron chi connectivity index (χ4n) is 1.14. The Kier molecular flexibility index (Phi) is 2.78. The van der Waals surface area contributed by atoms with Crippen molar-refractivity contribution in [1.82, 2.24) is 0 Å². The second-order valence-corrected chi connectivity index (χ2v) is 3.02. The molecule has 0 spiro atoms. The van der Waals surface area contributed by atoms with Gasteiger partial charge in [-0.25, -0.2) is 0 Å². The van der Waals surface area contributed by atoms with Crippen LogP contribution in [0.15, 0.2) is 12.1 Å². The second-order valence-electron chi connectivity index (χ2n) is 2.61. The highest BCUT2D eigenvalue weighted by molar-refractivity contribution is 6.32. The van der Waals surface area contributed by atoms with Crippen LogP contribution in [-0.4, -0.2) is 13.0 Å². The highest BCUT2D eigenvalue weighted by Gasteiger charge is 2.13. The Bertz CT molecular complexity index is 350. The van der Waals surface area contributed by atoms with E-state index in [0.717, 1.165) is 0 Å². The van der Waals surface area contributed by atoms with Gasteiger partial charge >= 0.3 is 0 Å². The predicted molar refractivity (Wildman–Crippen MR) is 51.3 cm³/mol. The third kappa shape index (κ3) is 1.75. The summed E-state index contributed by atoms with van der Waals surface area (Å²) in [7, 11) is 1.48. The predicted octanol–water partition coefficient (Wildman–Crippen LogP) is 1.76. The Hall–Kier alpha value is -1.22. The molecule has 0 bridgehead atoms. The molecular weight excluding hydrogens is 190 g/mol. The number of rotatable bonds is 2. The highest BCUT2D eigenvalue weighted by atomic mass is 35.5. The van der Waals surface area contributed by atoms with Crippen molar-refractivity contribution < 1.29 is 9.53 Å². The number of benzene rings is 1. The molecule has 70 valence electrons. The molecule has 0 heterocycles. The summed E-state index contributed by atoms with van der Waals surface area (Å²) in [5.41, 5.74) is 6.17. The van der Waals surface area contributed by atoms with Gasteiger partial charge in [-0.3, -0.25) is 4.79 Å². The Morgan fingerprint density at radius 3 is 2.62 bits per heavy atom. The van der Waals surface area contributed by atoms with Gasteiger partial charge in [-0.05, 0) is 24.6 Å². The van der Waals surface area contributed by atoms with E-state index in [1.165, 1.54) is 7.11 Å². The monoisotopic (exact) mass is 199 g/mol. The molecule has 1 rings (SSSR count). The maximum Gasteiger partial charge on any atom is 0.252 e. The van der Waals surface area contributed by atoms with Crippen LogP contribution < -0.4 is 10.5 Å². The zero-order valence-corrected chi connectivity index (χ0v) is 8.18. The SMILES string of the molecule is COc1ccc(Cl)c(C)c1C(N)=O. The Morgan fingerprint density at radius 2 is 2.15 bits per heavy atom. The number of halogens is 1. The first-order valence-electron chi connectivity index (χ1n) is 3.70. The number of carbonyl (C=O) groups is 1. The molecule has 1 aromatic rings. The standard InChI is InChI=1S/C9H10ClNO2/c1-5-6(10)3-4-7(13-2)8(5)9(11)12/h3-4H,1-2H3,(H2,11,12). The van der Waals surface area contributed by atoms with E-state index >= 15 is 0 Å². The minimum Gasteiger partial charge on any atom is -0.496 e. The molecule has 1 aromatic carbocycles. The fourth-order valence-corrected chi connectivity index (χ4v) is 1.30. The fraction of sp³-hybridized carbons (Fsp3) is 0.222. The topological polar surface area (TPSA) is 52.3 Å². The van der Waals surface area contributed by atoms with Gasteiger partial charge in [0.15, 0.2) is 0 Å². The normalized spacial score (nSPS) is 9.77. The molecule has 0 unspecified atom stereocenters. The van der Waals surface area contributed by atoms with Gasteiger partial charge in [0.05, 0.1) is 12.7 Å². The van der Waals surface area contributed by atoms with Crippen LogP contribution in [-0.2, 0) is 0 Å². The van der Waals surface area contributed by atoms with Crippen molar-refractivity contribution in [3.05, 3.63) is 28.3 Å². The van der Waals surface area contributed by atoms with Gasteiger partial charge < -0.3 is 10.5 Å². The lowest BCUT2D eigenvalue weighted by molar-refractivity contribution is 0.0997. The Labute approximate surface area is 81.4 Å². The van der Waals surface area contributed by atoms with Crippen LogP contribution >= 0.6 is 11.6 Å². The van der Waals surface area contributed by atoms with E-state index in [-0.39, 0.29) is 0 Å². The number of primary amides is 1. The summed E-state index contributed by atoms with van der Waals surface area (Å²) in [6.07, 6.45) is 0. The minimum absolute atomic E-state index is 0.343. The van der Waals surface area contributed by atoms with Crippen LogP contribution in [0.5, 0.6) is 5.75 Å². The first-order chi connectivity index (χ1) is 6.07. The molecule has 0 atom stereocenters. The molecule has 0 radical (unpaired) electrons. The number of nitrogens with two attached hydrogens (primary N) is 1. The van der Waals surface area contributed by atoms with E-state index in [0.29, 0.717) is 21.9 Å². The van der Waals surface area contributed by atoms with Gasteiger partial charge in [-0.1, -0.05) is 11.6 Å². The van der Waals surface area contributed by atoms with Gasteiger partial charge in [-0.2, -0.15) is 0 Å². The maximum absolute atomic E-state index is 11.0. The van der Waals surface area contributed by atoms with Crippen LogP contribution in [0.4, 0.5) is 0 Å². The maximum atomic E-state index is 11.0. The van der Waals surface area contributed by atoms with E-state index < -0.39 is 5.91 Å². The number of methoxy groups -OCH3 is 1. The molecule has 0 saturated carbocycles. The molecule has 0 saturated heterocycles. The molecule has 1 amide bonds. The molecule has 0 aliphatic carbocycles. The number of amides is 1. The average molecular weight is 200 g/mol. The van der Waals surface area contributed by atoms with E-state index in [4.69, 9.17) is 22.1 Å². The van der Waals surface area contributed by atoms with Crippen molar-refractivity contribution in [2.45, 2.75) is 6.92 Å². The molecule has 3 nitrogen and oxygen atoms in total. The van der Waals surface area contributed by atoms with Gasteiger partial charge in [0, 0.05) is 5.02 Å². The summed E-state index contributed by atoms with van der Waals surface area (Å²) in [5.74, 6) is -0.0775.